The molecule has 0 atom stereocenters. The summed E-state index contributed by atoms with van der Waals surface area (Å²) < 4.78 is 5.34. The van der Waals surface area contributed by atoms with Gasteiger partial charge in [-0.25, -0.2) is 4.79 Å². The van der Waals surface area contributed by atoms with Crippen molar-refractivity contribution in [2.75, 3.05) is 0 Å². The molecule has 3 aromatic rings. The topological polar surface area (TPSA) is 148 Å². The number of nitro groups is 1. The average molecular weight is 429 g/mol. The van der Waals surface area contributed by atoms with Crippen LogP contribution in [0.4, 0.5) is 5.69 Å². The van der Waals surface area contributed by atoms with Gasteiger partial charge in [-0.3, -0.25) is 25.6 Å². The van der Waals surface area contributed by atoms with Gasteiger partial charge in [0.25, 0.3) is 5.69 Å². The Hall–Kier alpha value is -3.98. The molecular formula is C20H17ClN4O5. The molecule has 0 fully saturated rings. The third-order valence-electron chi connectivity index (χ3n) is 4.04. The second kappa shape index (κ2) is 9.48. The van der Waals surface area contributed by atoms with Gasteiger partial charge >= 0.3 is 5.97 Å². The van der Waals surface area contributed by atoms with E-state index in [0.29, 0.717) is 5.75 Å². The number of guanidine groups is 1. The van der Waals surface area contributed by atoms with E-state index >= 15 is 0 Å². The first-order valence-electron chi connectivity index (χ1n) is 8.45. The van der Waals surface area contributed by atoms with Crippen LogP contribution in [0, 0.1) is 15.5 Å². The maximum Gasteiger partial charge on any atom is 0.343 e. The van der Waals surface area contributed by atoms with Crippen LogP contribution in [0.5, 0.6) is 5.75 Å². The molecule has 3 aromatic carbocycles. The monoisotopic (exact) mass is 428 g/mol. The lowest BCUT2D eigenvalue weighted by Gasteiger charge is -2.08. The molecule has 9 nitrogen and oxygen atoms in total. The summed E-state index contributed by atoms with van der Waals surface area (Å²) in [5, 5.41) is 21.6. The Balaban J connectivity index is 0.00000320. The SMILES string of the molecule is Cl.N=C(N)NC(=O)Cc1ccc2cc(OC(=O)c3ccc([N+](=O)[O-])cc3)ccc2c1. The van der Waals surface area contributed by atoms with E-state index in [1.807, 2.05) is 6.07 Å². The number of carbonyl (C=O) groups is 2. The first kappa shape index (κ1) is 22.3. The zero-order valence-electron chi connectivity index (χ0n) is 15.5. The number of esters is 1. The van der Waals surface area contributed by atoms with E-state index in [0.717, 1.165) is 16.3 Å². The molecule has 0 radical (unpaired) electrons. The molecule has 0 saturated heterocycles. The Labute approximate surface area is 176 Å². The number of rotatable bonds is 5. The van der Waals surface area contributed by atoms with Gasteiger partial charge in [0.1, 0.15) is 5.75 Å². The number of amides is 1. The fraction of sp³-hybridized carbons (Fsp3) is 0.0500. The lowest BCUT2D eigenvalue weighted by Crippen LogP contribution is -2.36. The molecule has 10 heteroatoms. The average Bonchev–Trinajstić information content (AvgIpc) is 2.67. The largest absolute Gasteiger partial charge is 0.423 e. The highest BCUT2D eigenvalue weighted by atomic mass is 35.5. The number of carbonyl (C=O) groups excluding carboxylic acids is 2. The molecule has 1 amide bonds. The molecule has 0 saturated carbocycles. The molecule has 0 aromatic heterocycles. The molecule has 0 aliphatic carbocycles. The predicted molar refractivity (Wildman–Crippen MR) is 113 cm³/mol. The summed E-state index contributed by atoms with van der Waals surface area (Å²) >= 11 is 0. The Kier molecular flexibility index (Phi) is 7.05. The van der Waals surface area contributed by atoms with Crippen molar-refractivity contribution >= 4 is 46.7 Å². The van der Waals surface area contributed by atoms with Crippen molar-refractivity contribution in [1.82, 2.24) is 5.32 Å². The Morgan fingerprint density at radius 1 is 1.03 bits per heavy atom. The van der Waals surface area contributed by atoms with Crippen LogP contribution in [0.2, 0.25) is 0 Å². The van der Waals surface area contributed by atoms with Crippen molar-refractivity contribution in [2.24, 2.45) is 5.73 Å². The molecule has 3 rings (SSSR count). The number of halogens is 1. The van der Waals surface area contributed by atoms with Crippen molar-refractivity contribution in [3.8, 4) is 5.75 Å². The van der Waals surface area contributed by atoms with Gasteiger partial charge in [-0.05, 0) is 40.6 Å². The van der Waals surface area contributed by atoms with Gasteiger partial charge < -0.3 is 10.5 Å². The van der Waals surface area contributed by atoms with Crippen LogP contribution in [-0.2, 0) is 11.2 Å². The third-order valence-corrected chi connectivity index (χ3v) is 4.04. The van der Waals surface area contributed by atoms with Crippen molar-refractivity contribution in [1.29, 1.82) is 5.41 Å². The highest BCUT2D eigenvalue weighted by Crippen LogP contribution is 2.23. The normalized spacial score (nSPS) is 10.0. The van der Waals surface area contributed by atoms with Gasteiger partial charge in [0, 0.05) is 12.1 Å². The number of nitrogens with zero attached hydrogens (tertiary/aromatic N) is 1. The molecule has 0 bridgehead atoms. The first-order valence-corrected chi connectivity index (χ1v) is 8.45. The number of hydrogen-bond acceptors (Lipinski definition) is 6. The Morgan fingerprint density at radius 3 is 2.30 bits per heavy atom. The number of nitrogens with two attached hydrogens (primary N) is 1. The number of benzene rings is 3. The number of hydrogen-bond donors (Lipinski definition) is 3. The predicted octanol–water partition coefficient (Wildman–Crippen LogP) is 2.94. The second-order valence-electron chi connectivity index (χ2n) is 6.18. The van der Waals surface area contributed by atoms with Crippen LogP contribution in [0.15, 0.2) is 60.7 Å². The number of nitrogens with one attached hydrogen (secondary N) is 2. The minimum atomic E-state index is -0.628. The number of ether oxygens (including phenoxy) is 1. The first-order chi connectivity index (χ1) is 13.8. The van der Waals surface area contributed by atoms with Crippen LogP contribution in [0.3, 0.4) is 0 Å². The second-order valence-corrected chi connectivity index (χ2v) is 6.18. The zero-order chi connectivity index (χ0) is 21.0. The quantitative estimate of drug-likeness (QED) is 0.142. The van der Waals surface area contributed by atoms with Crippen LogP contribution in [0.25, 0.3) is 10.8 Å². The minimum Gasteiger partial charge on any atom is -0.423 e. The Bertz CT molecular complexity index is 1130. The van der Waals surface area contributed by atoms with Gasteiger partial charge in [0.15, 0.2) is 5.96 Å². The van der Waals surface area contributed by atoms with Gasteiger partial charge in [-0.2, -0.15) is 0 Å². The maximum atomic E-state index is 12.2. The van der Waals surface area contributed by atoms with Crippen molar-refractivity contribution < 1.29 is 19.2 Å². The third kappa shape index (κ3) is 5.52. The molecule has 0 aliphatic rings. The van der Waals surface area contributed by atoms with E-state index in [4.69, 9.17) is 15.9 Å². The number of nitro benzene ring substituents is 1. The summed E-state index contributed by atoms with van der Waals surface area (Å²) in [4.78, 5) is 34.1. The number of non-ortho nitro benzene ring substituents is 1. The molecule has 4 N–H and O–H groups in total. The molecule has 0 heterocycles. The smallest absolute Gasteiger partial charge is 0.343 e. The summed E-state index contributed by atoms with van der Waals surface area (Å²) in [7, 11) is 0. The van der Waals surface area contributed by atoms with E-state index < -0.39 is 16.9 Å². The highest BCUT2D eigenvalue weighted by Gasteiger charge is 2.12. The molecule has 30 heavy (non-hydrogen) atoms. The lowest BCUT2D eigenvalue weighted by molar-refractivity contribution is -0.384. The van der Waals surface area contributed by atoms with Crippen LogP contribution in [-0.4, -0.2) is 22.8 Å². The van der Waals surface area contributed by atoms with Crippen molar-refractivity contribution in [3.63, 3.8) is 0 Å². The van der Waals surface area contributed by atoms with Gasteiger partial charge in [0.2, 0.25) is 5.91 Å². The number of fused-ring (bicyclic) bond motifs is 1. The molecule has 0 unspecified atom stereocenters. The fourth-order valence-corrected chi connectivity index (χ4v) is 2.71. The van der Waals surface area contributed by atoms with Crippen molar-refractivity contribution in [2.45, 2.75) is 6.42 Å². The van der Waals surface area contributed by atoms with Gasteiger partial charge in [-0.1, -0.05) is 24.3 Å². The molecule has 0 spiro atoms. The summed E-state index contributed by atoms with van der Waals surface area (Å²) in [6.45, 7) is 0. The van der Waals surface area contributed by atoms with E-state index in [1.54, 1.807) is 30.3 Å². The van der Waals surface area contributed by atoms with Crippen molar-refractivity contribution in [3.05, 3.63) is 81.9 Å². The summed E-state index contributed by atoms with van der Waals surface area (Å²) in [6.07, 6.45) is 0.0758. The highest BCUT2D eigenvalue weighted by molar-refractivity contribution is 5.96. The fourth-order valence-electron chi connectivity index (χ4n) is 2.71. The molecular weight excluding hydrogens is 412 g/mol. The zero-order valence-corrected chi connectivity index (χ0v) is 16.3. The van der Waals surface area contributed by atoms with Gasteiger partial charge in [-0.15, -0.1) is 12.4 Å². The van der Waals surface area contributed by atoms with E-state index in [-0.39, 0.29) is 36.0 Å². The van der Waals surface area contributed by atoms with E-state index in [2.05, 4.69) is 5.32 Å². The Morgan fingerprint density at radius 2 is 1.67 bits per heavy atom. The van der Waals surface area contributed by atoms with E-state index in [1.165, 1.54) is 24.3 Å². The van der Waals surface area contributed by atoms with Crippen LogP contribution in [0.1, 0.15) is 15.9 Å². The van der Waals surface area contributed by atoms with Crippen LogP contribution < -0.4 is 15.8 Å². The molecule has 154 valence electrons. The maximum absolute atomic E-state index is 12.2. The molecule has 0 aliphatic heterocycles. The lowest BCUT2D eigenvalue weighted by atomic mass is 10.0. The van der Waals surface area contributed by atoms with E-state index in [9.17, 15) is 19.7 Å². The summed E-state index contributed by atoms with van der Waals surface area (Å²) in [5.74, 6) is -1.10. The summed E-state index contributed by atoms with van der Waals surface area (Å²) in [5.41, 5.74) is 5.96. The minimum absolute atomic E-state index is 0. The van der Waals surface area contributed by atoms with Crippen LogP contribution >= 0.6 is 12.4 Å². The standard InChI is InChI=1S/C20H16N4O5.ClH/c21-20(22)23-18(25)10-12-1-2-15-11-17(8-5-14(15)9-12)29-19(26)13-3-6-16(7-4-13)24(27)28;/h1-9,11H,10H2,(H4,21,22,23,25);1H. The van der Waals surface area contributed by atoms with Gasteiger partial charge in [0.05, 0.1) is 16.9 Å². The summed E-state index contributed by atoms with van der Waals surface area (Å²) in [6, 6.07) is 15.5.